The van der Waals surface area contributed by atoms with E-state index in [1.165, 1.54) is 12.1 Å². The molecule has 3 N–H and O–H groups in total. The molecule has 0 amide bonds. The van der Waals surface area contributed by atoms with Crippen LogP contribution in [0.3, 0.4) is 0 Å². The van der Waals surface area contributed by atoms with Gasteiger partial charge in [-0.15, -0.1) is 0 Å². The fraction of sp³-hybridized carbons (Fsp3) is 0. The van der Waals surface area contributed by atoms with E-state index in [-0.39, 0.29) is 10.5 Å². The second-order valence-corrected chi connectivity index (χ2v) is 1.51. The number of nitrogen functional groups attached to an aromatic ring is 1. The van der Waals surface area contributed by atoms with Gasteiger partial charge in [-0.05, 0) is 12.1 Å². The van der Waals surface area contributed by atoms with Gasteiger partial charge in [0.05, 0.1) is 6.20 Å². The molecule has 0 aliphatic carbocycles. The first-order chi connectivity index (χ1) is 4.33. The highest BCUT2D eigenvalue weighted by Gasteiger charge is 1.88. The van der Waals surface area contributed by atoms with Crippen LogP contribution in [0.4, 0.5) is 14.9 Å². The minimum atomic E-state index is -0.367. The minimum Gasteiger partial charge on any atom is -0.308 e. The molecule has 56 valence electrons. The number of hydrogen-bond acceptors (Lipinski definition) is 3. The molecule has 3 nitrogen and oxygen atoms in total. The van der Waals surface area contributed by atoms with Crippen LogP contribution in [0.2, 0.25) is 0 Å². The molecule has 0 radical (unpaired) electrons. The Morgan fingerprint density at radius 3 is 2.60 bits per heavy atom. The Labute approximate surface area is 56.4 Å². The number of hydrazine groups is 1. The van der Waals surface area contributed by atoms with Gasteiger partial charge in [-0.25, -0.2) is 15.2 Å². The molecule has 0 aliphatic rings. The number of aromatic nitrogens is 1. The fourth-order valence-electron chi connectivity index (χ4n) is 0.461. The molecule has 1 aromatic rings. The van der Waals surface area contributed by atoms with Gasteiger partial charge in [0.15, 0.2) is 0 Å². The molecule has 0 unspecified atom stereocenters. The molecular weight excluding hydrogens is 140 g/mol. The van der Waals surface area contributed by atoms with E-state index in [1.54, 1.807) is 0 Å². The summed E-state index contributed by atoms with van der Waals surface area (Å²) in [4.78, 5) is 3.59. The van der Waals surface area contributed by atoms with Crippen molar-refractivity contribution in [2.75, 3.05) is 5.43 Å². The van der Waals surface area contributed by atoms with Crippen molar-refractivity contribution >= 4 is 5.82 Å². The molecule has 1 heterocycles. The normalized spacial score (nSPS) is 8.20. The minimum absolute atomic E-state index is 0. The number of rotatable bonds is 1. The standard InChI is InChI=1S/C5H6FN3.FH/c6-4-1-2-5(9-7)8-3-4;/h1-3H,7H2,(H,8,9);1H. The summed E-state index contributed by atoms with van der Waals surface area (Å²) in [5.41, 5.74) is 2.28. The molecular formula is C5H7F2N3. The van der Waals surface area contributed by atoms with E-state index in [0.717, 1.165) is 6.20 Å². The number of halogens is 2. The van der Waals surface area contributed by atoms with Gasteiger partial charge in [0.25, 0.3) is 0 Å². The maximum absolute atomic E-state index is 12.1. The lowest BCUT2D eigenvalue weighted by molar-refractivity contribution is 0.622. The number of nitrogens with one attached hydrogen (secondary N) is 1. The van der Waals surface area contributed by atoms with Crippen molar-refractivity contribution in [3.8, 4) is 0 Å². The monoisotopic (exact) mass is 147 g/mol. The van der Waals surface area contributed by atoms with Gasteiger partial charge in [0, 0.05) is 0 Å². The Hall–Kier alpha value is -1.23. The summed E-state index contributed by atoms with van der Waals surface area (Å²) in [6, 6.07) is 2.73. The second-order valence-electron chi connectivity index (χ2n) is 1.51. The van der Waals surface area contributed by atoms with Gasteiger partial charge in [-0.2, -0.15) is 0 Å². The molecule has 0 saturated heterocycles. The SMILES string of the molecule is F.NNc1ccc(F)cn1. The van der Waals surface area contributed by atoms with Crippen molar-refractivity contribution in [1.29, 1.82) is 0 Å². The van der Waals surface area contributed by atoms with Crippen LogP contribution in [0.1, 0.15) is 0 Å². The molecule has 0 aliphatic heterocycles. The summed E-state index contributed by atoms with van der Waals surface area (Å²) < 4.78 is 12.1. The Morgan fingerprint density at radius 1 is 1.50 bits per heavy atom. The Bertz CT molecular complexity index is 187. The highest BCUT2D eigenvalue weighted by molar-refractivity contribution is 5.31. The maximum atomic E-state index is 12.1. The summed E-state index contributed by atoms with van der Waals surface area (Å²) in [5.74, 6) is 5.05. The number of pyridine rings is 1. The van der Waals surface area contributed by atoms with E-state index in [1.807, 2.05) is 0 Å². The zero-order chi connectivity index (χ0) is 6.69. The molecule has 0 saturated carbocycles. The molecule has 0 aromatic carbocycles. The summed E-state index contributed by atoms with van der Waals surface area (Å²) in [7, 11) is 0. The lowest BCUT2D eigenvalue weighted by atomic mass is 10.4. The number of nitrogens with zero attached hydrogens (tertiary/aromatic N) is 1. The highest BCUT2D eigenvalue weighted by Crippen LogP contribution is 1.99. The number of nitrogens with two attached hydrogens (primary N) is 1. The van der Waals surface area contributed by atoms with E-state index >= 15 is 0 Å². The summed E-state index contributed by atoms with van der Waals surface area (Å²) in [5, 5.41) is 0. The van der Waals surface area contributed by atoms with E-state index < -0.39 is 0 Å². The van der Waals surface area contributed by atoms with Crippen LogP contribution >= 0.6 is 0 Å². The van der Waals surface area contributed by atoms with Gasteiger partial charge in [0.2, 0.25) is 0 Å². The van der Waals surface area contributed by atoms with Crippen LogP contribution in [0, 0.1) is 5.82 Å². The van der Waals surface area contributed by atoms with Crippen molar-refractivity contribution in [1.82, 2.24) is 4.98 Å². The second kappa shape index (κ2) is 3.73. The third-order valence-corrected chi connectivity index (χ3v) is 0.875. The van der Waals surface area contributed by atoms with Crippen LogP contribution in [-0.2, 0) is 0 Å². The first-order valence-electron chi connectivity index (χ1n) is 2.41. The van der Waals surface area contributed by atoms with Crippen molar-refractivity contribution < 1.29 is 9.09 Å². The average Bonchev–Trinajstić information content (AvgIpc) is 1.90. The lowest BCUT2D eigenvalue weighted by Gasteiger charge is -1.94. The third-order valence-electron chi connectivity index (χ3n) is 0.875. The van der Waals surface area contributed by atoms with Gasteiger partial charge in [0.1, 0.15) is 11.6 Å². The Balaban J connectivity index is 0.000000810. The van der Waals surface area contributed by atoms with Crippen molar-refractivity contribution in [3.63, 3.8) is 0 Å². The van der Waals surface area contributed by atoms with Gasteiger partial charge in [-0.3, -0.25) is 4.70 Å². The van der Waals surface area contributed by atoms with Crippen LogP contribution in [0.5, 0.6) is 0 Å². The van der Waals surface area contributed by atoms with E-state index in [4.69, 9.17) is 5.84 Å². The molecule has 10 heavy (non-hydrogen) atoms. The largest absolute Gasteiger partial charge is 0.308 e. The summed E-state index contributed by atoms with van der Waals surface area (Å²) in [6.07, 6.45) is 1.09. The highest BCUT2D eigenvalue weighted by atomic mass is 19.1. The van der Waals surface area contributed by atoms with Crippen LogP contribution < -0.4 is 11.3 Å². The van der Waals surface area contributed by atoms with Crippen molar-refractivity contribution in [2.45, 2.75) is 0 Å². The Morgan fingerprint density at radius 2 is 2.20 bits per heavy atom. The van der Waals surface area contributed by atoms with Crippen molar-refractivity contribution in [2.24, 2.45) is 5.84 Å². The molecule has 5 heteroatoms. The van der Waals surface area contributed by atoms with E-state index in [2.05, 4.69) is 10.4 Å². The van der Waals surface area contributed by atoms with Gasteiger partial charge >= 0.3 is 0 Å². The molecule has 0 fully saturated rings. The average molecular weight is 147 g/mol. The summed E-state index contributed by atoms with van der Waals surface area (Å²) >= 11 is 0. The quantitative estimate of drug-likeness (QED) is 0.453. The lowest BCUT2D eigenvalue weighted by Crippen LogP contribution is -2.07. The first kappa shape index (κ1) is 8.77. The molecule has 0 atom stereocenters. The first-order valence-corrected chi connectivity index (χ1v) is 2.41. The number of hydrogen-bond donors (Lipinski definition) is 2. The number of anilines is 1. The zero-order valence-corrected chi connectivity index (χ0v) is 5.04. The van der Waals surface area contributed by atoms with Crippen LogP contribution in [-0.4, -0.2) is 4.98 Å². The van der Waals surface area contributed by atoms with Gasteiger partial charge in [-0.1, -0.05) is 0 Å². The third kappa shape index (κ3) is 1.94. The predicted octanol–water partition coefficient (Wildman–Crippen LogP) is 0.659. The van der Waals surface area contributed by atoms with Gasteiger partial charge < -0.3 is 5.43 Å². The zero-order valence-electron chi connectivity index (χ0n) is 5.04. The van der Waals surface area contributed by atoms with Crippen molar-refractivity contribution in [3.05, 3.63) is 24.1 Å². The molecule has 0 bridgehead atoms. The van der Waals surface area contributed by atoms with E-state index in [0.29, 0.717) is 5.82 Å². The molecule has 0 spiro atoms. The summed E-state index contributed by atoms with van der Waals surface area (Å²) in [6.45, 7) is 0. The van der Waals surface area contributed by atoms with Crippen LogP contribution in [0.25, 0.3) is 0 Å². The van der Waals surface area contributed by atoms with E-state index in [9.17, 15) is 4.39 Å². The fourth-order valence-corrected chi connectivity index (χ4v) is 0.461. The molecule has 1 aromatic heterocycles. The Kier molecular flexibility index (Phi) is 3.27. The topological polar surface area (TPSA) is 50.9 Å². The smallest absolute Gasteiger partial charge is 0.141 e. The molecule has 1 rings (SSSR count). The van der Waals surface area contributed by atoms with Crippen LogP contribution in [0.15, 0.2) is 18.3 Å². The predicted molar refractivity (Wildman–Crippen MR) is 34.5 cm³/mol. The maximum Gasteiger partial charge on any atom is 0.141 e.